The van der Waals surface area contributed by atoms with Crippen LogP contribution in [-0.4, -0.2) is 91.7 Å². The first-order valence-electron chi connectivity index (χ1n) is 27.1. The Morgan fingerprint density at radius 3 is 0.678 bits per heavy atom. The first-order chi connectivity index (χ1) is 42.2. The van der Waals surface area contributed by atoms with Crippen LogP contribution in [0.3, 0.4) is 0 Å². The predicted molar refractivity (Wildman–Crippen MR) is 321 cm³/mol. The molecular weight excluding hydrogens is 1140 g/mol. The molecular formula is C66H34N16NiO4. The standard InChI is InChI=1S/2C33H18N8O2.Ni/c2*42-33(43)23-15-7-14-22-24(23)32-40-30-21-13-6-5-12-20(21)28(38-30)36-26-17-9-2-1-8-16(17)25(34-26)35-27-18-10-3-4-11-19(18)29(37-27)39-31(22)41-32;/h2*1-15H,(H,42,43)(H2,34,35,36,37,38,39,40,41);/q;;+2/p-2. The zero-order chi connectivity index (χ0) is 57.3. The summed E-state index contributed by atoms with van der Waals surface area (Å²) in [6, 6.07) is 56.5. The van der Waals surface area contributed by atoms with E-state index >= 15 is 0 Å². The van der Waals surface area contributed by atoms with Gasteiger partial charge in [-0.25, -0.2) is 59.8 Å². The number of benzene rings is 8. The number of carbonyl (C=O) groups is 2. The molecule has 10 heterocycles. The Morgan fingerprint density at radius 2 is 0.437 bits per heavy atom. The van der Waals surface area contributed by atoms with Crippen molar-refractivity contribution in [2.45, 2.75) is 0 Å². The number of H-pyrrole nitrogens is 4. The number of rotatable bonds is 2. The van der Waals surface area contributed by atoms with Crippen LogP contribution in [0.4, 0.5) is 0 Å². The summed E-state index contributed by atoms with van der Waals surface area (Å²) in [4.78, 5) is 96.4. The number of carboxylic acid groups (broad SMARTS) is 2. The van der Waals surface area contributed by atoms with E-state index in [2.05, 4.69) is 19.9 Å². The second-order valence-corrected chi connectivity index (χ2v) is 20.5. The van der Waals surface area contributed by atoms with Gasteiger partial charge >= 0.3 is 16.5 Å². The summed E-state index contributed by atoms with van der Waals surface area (Å²) in [6.45, 7) is 0. The molecule has 0 unspecified atom stereocenters. The maximum absolute atomic E-state index is 12.2. The van der Waals surface area contributed by atoms with Gasteiger partial charge in [0.1, 0.15) is 45.2 Å². The first-order valence-corrected chi connectivity index (χ1v) is 27.1. The van der Waals surface area contributed by atoms with Crippen LogP contribution in [0.2, 0.25) is 0 Å². The predicted octanol–water partition coefficient (Wildman–Crippen LogP) is 10.5. The second kappa shape index (κ2) is 19.5. The molecule has 0 aliphatic carbocycles. The molecule has 87 heavy (non-hydrogen) atoms. The number of hydrogen-bond donors (Lipinski definition) is 4. The van der Waals surface area contributed by atoms with Gasteiger partial charge in [-0.1, -0.05) is 182 Å². The second-order valence-electron chi connectivity index (χ2n) is 20.5. The van der Waals surface area contributed by atoms with Gasteiger partial charge in [-0.05, 0) is 0 Å². The number of aromatic nitrogens is 16. The molecule has 0 saturated carbocycles. The quantitative estimate of drug-likeness (QED) is 0.117. The summed E-state index contributed by atoms with van der Waals surface area (Å²) >= 11 is 0. The third-order valence-corrected chi connectivity index (χ3v) is 15.6. The van der Waals surface area contributed by atoms with E-state index in [4.69, 9.17) is 59.8 Å². The fraction of sp³-hybridized carbons (Fsp3) is 0. The molecule has 4 N–H and O–H groups in total. The van der Waals surface area contributed by atoms with Crippen molar-refractivity contribution >= 4 is 100 Å². The number of carbonyl (C=O) groups excluding carboxylic acids is 2. The van der Waals surface area contributed by atoms with E-state index in [1.807, 2.05) is 146 Å². The van der Waals surface area contributed by atoms with Gasteiger partial charge in [-0.15, -0.1) is 0 Å². The number of carboxylic acids is 2. The SMILES string of the molecule is O=C([O-])c1cccc2c3nc4nc(nc5[nH]c(nc6nc(nc([nH]3)c12)-c1ccccc1-6)c1ccccc51)-c1ccccc1-4.O=C([O-])c1cccc2c3nc4nc(nc5[nH]c(nc6nc(nc([nH]3)c12)-c1ccccc1-6)c1ccccc51)-c1ccccc1-4.[Ni+2]. The summed E-state index contributed by atoms with van der Waals surface area (Å²) in [6.07, 6.45) is 0. The summed E-state index contributed by atoms with van der Waals surface area (Å²) in [5.41, 5.74) is 10.2. The maximum atomic E-state index is 12.2. The van der Waals surface area contributed by atoms with E-state index in [-0.39, 0.29) is 27.6 Å². The van der Waals surface area contributed by atoms with Crippen molar-refractivity contribution in [2.75, 3.05) is 0 Å². The fourth-order valence-electron chi connectivity index (χ4n) is 11.7. The van der Waals surface area contributed by atoms with Crippen molar-refractivity contribution in [3.05, 3.63) is 193 Å². The van der Waals surface area contributed by atoms with Crippen LogP contribution in [0.25, 0.3) is 179 Å². The van der Waals surface area contributed by atoms with Gasteiger partial charge in [0.2, 0.25) is 0 Å². The van der Waals surface area contributed by atoms with Crippen LogP contribution < -0.4 is 10.2 Å². The van der Waals surface area contributed by atoms with Gasteiger partial charge in [-0.3, -0.25) is 0 Å². The third-order valence-electron chi connectivity index (χ3n) is 15.6. The number of fused-ring (bicyclic) bond motifs is 40. The summed E-state index contributed by atoms with van der Waals surface area (Å²) in [5.74, 6) is 0.965. The Labute approximate surface area is 497 Å². The molecule has 0 saturated heterocycles. The molecule has 0 fully saturated rings. The molecule has 0 amide bonds. The van der Waals surface area contributed by atoms with Crippen LogP contribution in [0.5, 0.6) is 0 Å². The van der Waals surface area contributed by atoms with Crippen molar-refractivity contribution in [3.63, 3.8) is 0 Å². The minimum atomic E-state index is -1.32. The van der Waals surface area contributed by atoms with E-state index in [0.29, 0.717) is 113 Å². The zero-order valence-electron chi connectivity index (χ0n) is 44.6. The van der Waals surface area contributed by atoms with Gasteiger partial charge in [-0.2, -0.15) is 0 Å². The summed E-state index contributed by atoms with van der Waals surface area (Å²) in [7, 11) is 0. The van der Waals surface area contributed by atoms with Crippen molar-refractivity contribution < 1.29 is 36.3 Å². The average Bonchev–Trinajstić information content (AvgIpc) is 1.98. The molecule has 4 aliphatic heterocycles. The zero-order valence-corrected chi connectivity index (χ0v) is 45.6. The van der Waals surface area contributed by atoms with E-state index in [1.165, 1.54) is 12.1 Å². The largest absolute Gasteiger partial charge is 2.00 e. The van der Waals surface area contributed by atoms with Crippen LogP contribution in [0.1, 0.15) is 20.7 Å². The number of nitrogens with zero attached hydrogens (tertiary/aromatic N) is 12. The van der Waals surface area contributed by atoms with E-state index in [0.717, 1.165) is 66.1 Å². The Kier molecular flexibility index (Phi) is 11.4. The van der Waals surface area contributed by atoms with Crippen molar-refractivity contribution in [1.29, 1.82) is 0 Å². The van der Waals surface area contributed by atoms with Crippen molar-refractivity contribution in [2.24, 2.45) is 0 Å². The molecule has 20 nitrogen and oxygen atoms in total. The maximum Gasteiger partial charge on any atom is 2.00 e. The molecule has 0 radical (unpaired) electrons. The number of nitrogens with one attached hydrogen (secondary N) is 4. The Bertz CT molecular complexity index is 5370. The Hall–Kier alpha value is -12.1. The summed E-state index contributed by atoms with van der Waals surface area (Å²) < 4.78 is 0. The molecule has 6 aromatic heterocycles. The normalized spacial score (nSPS) is 11.8. The van der Waals surface area contributed by atoms with Gasteiger partial charge < -0.3 is 39.7 Å². The van der Waals surface area contributed by atoms with E-state index in [9.17, 15) is 19.8 Å². The fourth-order valence-corrected chi connectivity index (χ4v) is 11.7. The minimum absolute atomic E-state index is 0. The monoisotopic (exact) mass is 1170 g/mol. The van der Waals surface area contributed by atoms with E-state index < -0.39 is 11.9 Å². The molecule has 14 aromatic rings. The molecule has 4 aliphatic rings. The Morgan fingerprint density at radius 1 is 0.241 bits per heavy atom. The third kappa shape index (κ3) is 8.05. The average molecular weight is 1170 g/mol. The molecule has 0 atom stereocenters. The van der Waals surface area contributed by atoms with Gasteiger partial charge in [0.15, 0.2) is 46.6 Å². The number of aromatic amines is 4. The molecule has 18 rings (SSSR count). The van der Waals surface area contributed by atoms with Crippen molar-refractivity contribution in [3.8, 4) is 91.1 Å². The smallest absolute Gasteiger partial charge is 0.545 e. The van der Waals surface area contributed by atoms with Crippen LogP contribution in [0.15, 0.2) is 182 Å². The van der Waals surface area contributed by atoms with Crippen LogP contribution >= 0.6 is 0 Å². The molecule has 21 heteroatoms. The van der Waals surface area contributed by atoms with Gasteiger partial charge in [0.05, 0.1) is 11.9 Å². The van der Waals surface area contributed by atoms with Crippen LogP contribution in [-0.2, 0) is 16.5 Å². The summed E-state index contributed by atoms with van der Waals surface area (Å²) in [5, 5.41) is 29.9. The van der Waals surface area contributed by atoms with E-state index in [1.54, 1.807) is 24.3 Å². The first kappa shape index (κ1) is 50.6. The topological polar surface area (TPSA) is 298 Å². The van der Waals surface area contributed by atoms with Crippen LogP contribution in [0, 0.1) is 0 Å². The molecule has 8 aromatic carbocycles. The van der Waals surface area contributed by atoms with Gasteiger partial charge in [0, 0.05) is 98.7 Å². The van der Waals surface area contributed by atoms with Crippen molar-refractivity contribution in [1.82, 2.24) is 79.7 Å². The minimum Gasteiger partial charge on any atom is -0.545 e. The Balaban J connectivity index is 0.000000139. The molecule has 412 valence electrons. The number of hydrogen-bond acceptors (Lipinski definition) is 16. The van der Waals surface area contributed by atoms with Gasteiger partial charge in [0.25, 0.3) is 0 Å². The molecule has 16 bridgehead atoms. The number of aromatic carboxylic acids is 2. The molecule has 0 spiro atoms.